The second-order valence-corrected chi connectivity index (χ2v) is 4.33. The molecule has 0 bridgehead atoms. The number of aromatic nitrogens is 1. The van der Waals surface area contributed by atoms with Gasteiger partial charge in [0, 0.05) is 17.6 Å². The van der Waals surface area contributed by atoms with Gasteiger partial charge in [-0.3, -0.25) is 0 Å². The maximum absolute atomic E-state index is 8.73. The Balaban J connectivity index is 1.88. The summed E-state index contributed by atoms with van der Waals surface area (Å²) in [4.78, 5) is 5.50. The van der Waals surface area contributed by atoms with E-state index in [2.05, 4.69) is 33.9 Å². The van der Waals surface area contributed by atoms with Crippen LogP contribution in [0.5, 0.6) is 0 Å². The molecule has 4 heteroatoms. The number of nitrogens with zero attached hydrogens (tertiary/aromatic N) is 2. The predicted octanol–water partition coefficient (Wildman–Crippen LogP) is 2.67. The number of thiophene rings is 1. The molecule has 0 radical (unpaired) electrons. The molecule has 0 spiro atoms. The van der Waals surface area contributed by atoms with Crippen molar-refractivity contribution in [2.75, 3.05) is 11.9 Å². The Morgan fingerprint density at radius 1 is 1.44 bits per heavy atom. The van der Waals surface area contributed by atoms with E-state index < -0.39 is 0 Å². The number of nitrogens with one attached hydrogen (secondary N) is 1. The SMILES string of the molecule is N#Cc1ccnc(NCCc2cccs2)c1. The number of hydrogen-bond acceptors (Lipinski definition) is 4. The molecule has 2 aromatic heterocycles. The number of rotatable bonds is 4. The summed E-state index contributed by atoms with van der Waals surface area (Å²) in [6.07, 6.45) is 2.63. The molecule has 80 valence electrons. The van der Waals surface area contributed by atoms with E-state index in [0.29, 0.717) is 5.56 Å². The minimum Gasteiger partial charge on any atom is -0.370 e. The van der Waals surface area contributed by atoms with Crippen LogP contribution in [0.3, 0.4) is 0 Å². The van der Waals surface area contributed by atoms with Crippen LogP contribution in [0.15, 0.2) is 35.8 Å². The third kappa shape index (κ3) is 2.81. The fourth-order valence-corrected chi connectivity index (χ4v) is 2.07. The van der Waals surface area contributed by atoms with Gasteiger partial charge in [0.2, 0.25) is 0 Å². The average molecular weight is 229 g/mol. The molecular formula is C12H11N3S. The zero-order chi connectivity index (χ0) is 11.2. The van der Waals surface area contributed by atoms with Crippen LogP contribution in [-0.2, 0) is 6.42 Å². The molecule has 2 heterocycles. The van der Waals surface area contributed by atoms with Crippen molar-refractivity contribution in [2.45, 2.75) is 6.42 Å². The van der Waals surface area contributed by atoms with Gasteiger partial charge in [0.25, 0.3) is 0 Å². The van der Waals surface area contributed by atoms with Crippen molar-refractivity contribution in [1.29, 1.82) is 5.26 Å². The lowest BCUT2D eigenvalue weighted by molar-refractivity contribution is 1.03. The first-order valence-corrected chi connectivity index (χ1v) is 5.89. The van der Waals surface area contributed by atoms with Crippen molar-refractivity contribution in [1.82, 2.24) is 4.98 Å². The Kier molecular flexibility index (Phi) is 3.52. The highest BCUT2D eigenvalue weighted by Crippen LogP contribution is 2.10. The van der Waals surface area contributed by atoms with Gasteiger partial charge in [-0.15, -0.1) is 11.3 Å². The average Bonchev–Trinajstić information content (AvgIpc) is 2.82. The van der Waals surface area contributed by atoms with Crippen molar-refractivity contribution >= 4 is 17.2 Å². The van der Waals surface area contributed by atoms with Gasteiger partial charge in [-0.05, 0) is 30.0 Å². The minimum absolute atomic E-state index is 0.633. The molecule has 0 fully saturated rings. The maximum Gasteiger partial charge on any atom is 0.127 e. The standard InChI is InChI=1S/C12H11N3S/c13-9-10-3-5-14-12(8-10)15-6-4-11-2-1-7-16-11/h1-3,5,7-8H,4,6H2,(H,14,15). The van der Waals surface area contributed by atoms with Crippen LogP contribution >= 0.6 is 11.3 Å². The second kappa shape index (κ2) is 5.29. The fraction of sp³-hybridized carbons (Fsp3) is 0.167. The summed E-state index contributed by atoms with van der Waals surface area (Å²) in [6.45, 7) is 0.836. The van der Waals surface area contributed by atoms with Gasteiger partial charge >= 0.3 is 0 Å². The van der Waals surface area contributed by atoms with Gasteiger partial charge in [-0.1, -0.05) is 6.07 Å². The van der Waals surface area contributed by atoms with Gasteiger partial charge in [0.05, 0.1) is 11.6 Å². The molecule has 3 nitrogen and oxygen atoms in total. The highest BCUT2D eigenvalue weighted by atomic mass is 32.1. The molecule has 0 aromatic carbocycles. The Morgan fingerprint density at radius 3 is 3.12 bits per heavy atom. The van der Waals surface area contributed by atoms with Crippen molar-refractivity contribution in [3.8, 4) is 6.07 Å². The van der Waals surface area contributed by atoms with Crippen molar-refractivity contribution in [3.63, 3.8) is 0 Å². The summed E-state index contributed by atoms with van der Waals surface area (Å²) in [5.41, 5.74) is 0.633. The summed E-state index contributed by atoms with van der Waals surface area (Å²) in [6, 6.07) is 9.72. The largest absolute Gasteiger partial charge is 0.370 e. The van der Waals surface area contributed by atoms with Crippen molar-refractivity contribution in [3.05, 3.63) is 46.3 Å². The lowest BCUT2D eigenvalue weighted by Crippen LogP contribution is -2.05. The Labute approximate surface area is 98.4 Å². The quantitative estimate of drug-likeness (QED) is 0.876. The molecule has 0 atom stereocenters. The third-order valence-corrected chi connectivity index (χ3v) is 3.08. The Morgan fingerprint density at radius 2 is 2.38 bits per heavy atom. The van der Waals surface area contributed by atoms with E-state index in [1.54, 1.807) is 29.7 Å². The smallest absolute Gasteiger partial charge is 0.127 e. The van der Waals surface area contributed by atoms with Gasteiger partial charge < -0.3 is 5.32 Å². The van der Waals surface area contributed by atoms with Gasteiger partial charge in [0.15, 0.2) is 0 Å². The first kappa shape index (κ1) is 10.7. The lowest BCUT2D eigenvalue weighted by Gasteiger charge is -2.03. The van der Waals surface area contributed by atoms with Crippen LogP contribution in [0.25, 0.3) is 0 Å². The van der Waals surface area contributed by atoms with E-state index in [1.165, 1.54) is 4.88 Å². The molecule has 0 aliphatic carbocycles. The topological polar surface area (TPSA) is 48.7 Å². The lowest BCUT2D eigenvalue weighted by atomic mass is 10.3. The fourth-order valence-electron chi connectivity index (χ4n) is 1.37. The summed E-state index contributed by atoms with van der Waals surface area (Å²) >= 11 is 1.75. The van der Waals surface area contributed by atoms with Gasteiger partial charge in [-0.25, -0.2) is 4.98 Å². The van der Waals surface area contributed by atoms with E-state index in [9.17, 15) is 0 Å². The highest BCUT2D eigenvalue weighted by molar-refractivity contribution is 7.09. The van der Waals surface area contributed by atoms with Crippen LogP contribution in [0.2, 0.25) is 0 Å². The van der Waals surface area contributed by atoms with Crippen molar-refractivity contribution < 1.29 is 0 Å². The highest BCUT2D eigenvalue weighted by Gasteiger charge is 1.97. The van der Waals surface area contributed by atoms with Crippen LogP contribution < -0.4 is 5.32 Å². The van der Waals surface area contributed by atoms with E-state index in [-0.39, 0.29) is 0 Å². The summed E-state index contributed by atoms with van der Waals surface area (Å²) in [5, 5.41) is 14.0. The van der Waals surface area contributed by atoms with Crippen molar-refractivity contribution in [2.24, 2.45) is 0 Å². The molecule has 16 heavy (non-hydrogen) atoms. The molecule has 1 N–H and O–H groups in total. The number of pyridine rings is 1. The first-order chi connectivity index (χ1) is 7.88. The summed E-state index contributed by atoms with van der Waals surface area (Å²) < 4.78 is 0. The van der Waals surface area contributed by atoms with Crippen LogP contribution in [0.4, 0.5) is 5.82 Å². The molecule has 0 unspecified atom stereocenters. The normalized spacial score (nSPS) is 9.69. The van der Waals surface area contributed by atoms with E-state index >= 15 is 0 Å². The number of anilines is 1. The van der Waals surface area contributed by atoms with Crippen LogP contribution in [-0.4, -0.2) is 11.5 Å². The zero-order valence-corrected chi connectivity index (χ0v) is 9.50. The predicted molar refractivity (Wildman–Crippen MR) is 65.5 cm³/mol. The molecule has 0 aliphatic rings. The molecule has 0 aliphatic heterocycles. The molecule has 0 saturated carbocycles. The van der Waals surface area contributed by atoms with Crippen LogP contribution in [0.1, 0.15) is 10.4 Å². The zero-order valence-electron chi connectivity index (χ0n) is 8.68. The molecule has 0 saturated heterocycles. The maximum atomic E-state index is 8.73. The monoisotopic (exact) mass is 229 g/mol. The summed E-state index contributed by atoms with van der Waals surface area (Å²) in [7, 11) is 0. The van der Waals surface area contributed by atoms with Gasteiger partial charge in [-0.2, -0.15) is 5.26 Å². The van der Waals surface area contributed by atoms with E-state index in [0.717, 1.165) is 18.8 Å². The number of nitriles is 1. The number of hydrogen-bond donors (Lipinski definition) is 1. The van der Waals surface area contributed by atoms with E-state index in [4.69, 9.17) is 5.26 Å². The molecule has 2 aromatic rings. The molecule has 0 amide bonds. The van der Waals surface area contributed by atoms with Crippen LogP contribution in [0, 0.1) is 11.3 Å². The first-order valence-electron chi connectivity index (χ1n) is 5.01. The van der Waals surface area contributed by atoms with Gasteiger partial charge in [0.1, 0.15) is 5.82 Å². The Hall–Kier alpha value is -1.86. The Bertz CT molecular complexity index is 485. The minimum atomic E-state index is 0.633. The third-order valence-electron chi connectivity index (χ3n) is 2.15. The summed E-state index contributed by atoms with van der Waals surface area (Å²) in [5.74, 6) is 0.760. The molecular weight excluding hydrogens is 218 g/mol. The molecule has 2 rings (SSSR count). The van der Waals surface area contributed by atoms with E-state index in [1.807, 2.05) is 0 Å². The second-order valence-electron chi connectivity index (χ2n) is 3.30.